The zero-order valence-electron chi connectivity index (χ0n) is 9.12. The molecular weight excluding hydrogens is 204 g/mol. The summed E-state index contributed by atoms with van der Waals surface area (Å²) in [7, 11) is 0.185. The molecule has 0 saturated carbocycles. The molecule has 0 bridgehead atoms. The number of nitrogens with one attached hydrogen (secondary N) is 1. The van der Waals surface area contributed by atoms with E-state index >= 15 is 0 Å². The third kappa shape index (κ3) is 4.90. The molecule has 0 saturated heterocycles. The molecule has 1 N–H and O–H groups in total. The minimum absolute atomic E-state index is 0.140. The lowest BCUT2D eigenvalue weighted by Gasteiger charge is -2.19. The molecule has 5 nitrogen and oxygen atoms in total. The Balaban J connectivity index is 4.19. The van der Waals surface area contributed by atoms with Gasteiger partial charge in [-0.05, 0) is 7.05 Å². The number of sulfonamides is 1. The zero-order valence-corrected chi connectivity index (χ0v) is 9.93. The molecule has 0 atom stereocenters. The number of ether oxygens (including phenoxy) is 1. The number of nitrogens with zero attached hydrogens (tertiary/aromatic N) is 1. The molecule has 86 valence electrons. The summed E-state index contributed by atoms with van der Waals surface area (Å²) < 4.78 is 29.6. The van der Waals surface area contributed by atoms with Crippen LogP contribution in [0.3, 0.4) is 0 Å². The number of rotatable bonds is 8. The summed E-state index contributed by atoms with van der Waals surface area (Å²) in [5.41, 5.74) is 0. The van der Waals surface area contributed by atoms with E-state index in [2.05, 4.69) is 5.32 Å². The van der Waals surface area contributed by atoms with Crippen LogP contribution in [0.25, 0.3) is 0 Å². The Labute approximate surface area is 86.5 Å². The second kappa shape index (κ2) is 7.17. The molecule has 6 heteroatoms. The van der Waals surface area contributed by atoms with E-state index in [0.717, 1.165) is 0 Å². The van der Waals surface area contributed by atoms with Crippen LogP contribution >= 0.6 is 0 Å². The first kappa shape index (κ1) is 13.8. The van der Waals surface area contributed by atoms with Crippen molar-refractivity contribution >= 4 is 10.0 Å². The standard InChI is InChI=1S/C8H20N2O3S/c1-4-10(6-7-13-3)14(11,12)8-5-9-2/h9H,4-8H2,1-3H3. The summed E-state index contributed by atoms with van der Waals surface area (Å²) in [6, 6.07) is 0. The lowest BCUT2D eigenvalue weighted by molar-refractivity contribution is 0.180. The van der Waals surface area contributed by atoms with Crippen molar-refractivity contribution < 1.29 is 13.2 Å². The number of hydrogen-bond donors (Lipinski definition) is 1. The molecule has 0 unspecified atom stereocenters. The predicted octanol–water partition coefficient (Wildman–Crippen LogP) is -0.496. The maximum atomic E-state index is 11.7. The first-order valence-corrected chi connectivity index (χ1v) is 6.30. The smallest absolute Gasteiger partial charge is 0.215 e. The molecule has 0 aliphatic heterocycles. The minimum atomic E-state index is -3.12. The SMILES string of the molecule is CCN(CCOC)S(=O)(=O)CCNC. The third-order valence-corrected chi connectivity index (χ3v) is 3.85. The summed E-state index contributed by atoms with van der Waals surface area (Å²) in [5.74, 6) is 0.140. The monoisotopic (exact) mass is 224 g/mol. The average Bonchev–Trinajstić information content (AvgIpc) is 2.16. The summed E-state index contributed by atoms with van der Waals surface area (Å²) in [4.78, 5) is 0. The van der Waals surface area contributed by atoms with Crippen LogP contribution in [-0.2, 0) is 14.8 Å². The summed E-state index contributed by atoms with van der Waals surface area (Å²) in [6.45, 7) is 3.67. The molecule has 0 aliphatic carbocycles. The molecule has 0 rings (SSSR count). The molecule has 0 fully saturated rings. The van der Waals surface area contributed by atoms with Crippen molar-refractivity contribution in [1.82, 2.24) is 9.62 Å². The number of hydrogen-bond acceptors (Lipinski definition) is 4. The molecule has 14 heavy (non-hydrogen) atoms. The molecule has 0 heterocycles. The van der Waals surface area contributed by atoms with E-state index in [0.29, 0.717) is 26.2 Å². The second-order valence-corrected chi connectivity index (χ2v) is 4.99. The van der Waals surface area contributed by atoms with Gasteiger partial charge in [-0.25, -0.2) is 8.42 Å². The van der Waals surface area contributed by atoms with Crippen molar-refractivity contribution in [3.05, 3.63) is 0 Å². The van der Waals surface area contributed by atoms with E-state index < -0.39 is 10.0 Å². The Hall–Kier alpha value is -0.170. The van der Waals surface area contributed by atoms with Gasteiger partial charge in [0.1, 0.15) is 0 Å². The first-order valence-electron chi connectivity index (χ1n) is 4.69. The summed E-state index contributed by atoms with van der Waals surface area (Å²) in [6.07, 6.45) is 0. The molecule has 0 radical (unpaired) electrons. The Morgan fingerprint density at radius 3 is 2.50 bits per heavy atom. The van der Waals surface area contributed by atoms with Gasteiger partial charge in [-0.15, -0.1) is 0 Å². The van der Waals surface area contributed by atoms with Gasteiger partial charge in [0.05, 0.1) is 12.4 Å². The van der Waals surface area contributed by atoms with Gasteiger partial charge in [-0.2, -0.15) is 4.31 Å². The number of methoxy groups -OCH3 is 1. The lowest BCUT2D eigenvalue weighted by atomic mass is 10.6. The van der Waals surface area contributed by atoms with E-state index in [1.54, 1.807) is 14.2 Å². The van der Waals surface area contributed by atoms with Gasteiger partial charge < -0.3 is 10.1 Å². The highest BCUT2D eigenvalue weighted by atomic mass is 32.2. The number of likely N-dealkylation sites (N-methyl/N-ethyl adjacent to an activating group) is 1. The van der Waals surface area contributed by atoms with Gasteiger partial charge in [0.25, 0.3) is 0 Å². The van der Waals surface area contributed by atoms with Gasteiger partial charge in [0.2, 0.25) is 10.0 Å². The van der Waals surface area contributed by atoms with E-state index in [4.69, 9.17) is 4.74 Å². The van der Waals surface area contributed by atoms with Gasteiger partial charge in [-0.1, -0.05) is 6.92 Å². The normalized spacial score (nSPS) is 12.3. The molecular formula is C8H20N2O3S. The fourth-order valence-electron chi connectivity index (χ4n) is 1.05. The topological polar surface area (TPSA) is 58.6 Å². The van der Waals surface area contributed by atoms with Crippen LogP contribution in [0.2, 0.25) is 0 Å². The van der Waals surface area contributed by atoms with Crippen LogP contribution in [0.4, 0.5) is 0 Å². The fraction of sp³-hybridized carbons (Fsp3) is 1.00. The Bertz CT molecular complexity index is 229. The molecule has 0 spiro atoms. The average molecular weight is 224 g/mol. The van der Waals surface area contributed by atoms with Crippen LogP contribution in [0.1, 0.15) is 6.92 Å². The predicted molar refractivity (Wildman–Crippen MR) is 56.8 cm³/mol. The fourth-order valence-corrected chi connectivity index (χ4v) is 2.51. The van der Waals surface area contributed by atoms with Crippen molar-refractivity contribution in [3.8, 4) is 0 Å². The van der Waals surface area contributed by atoms with Gasteiger partial charge in [-0.3, -0.25) is 0 Å². The highest BCUT2D eigenvalue weighted by Crippen LogP contribution is 2.00. The van der Waals surface area contributed by atoms with Crippen LogP contribution in [-0.4, -0.2) is 58.9 Å². The van der Waals surface area contributed by atoms with Gasteiger partial charge >= 0.3 is 0 Å². The minimum Gasteiger partial charge on any atom is -0.383 e. The van der Waals surface area contributed by atoms with E-state index in [1.807, 2.05) is 6.92 Å². The lowest BCUT2D eigenvalue weighted by Crippen LogP contribution is -2.37. The maximum Gasteiger partial charge on any atom is 0.215 e. The zero-order chi connectivity index (χ0) is 11.0. The molecule has 0 amide bonds. The molecule has 0 aliphatic rings. The first-order chi connectivity index (χ1) is 6.58. The van der Waals surface area contributed by atoms with Crippen molar-refractivity contribution in [1.29, 1.82) is 0 Å². The van der Waals surface area contributed by atoms with Crippen LogP contribution in [0.5, 0.6) is 0 Å². The molecule has 0 aromatic carbocycles. The Kier molecular flexibility index (Phi) is 7.08. The van der Waals surface area contributed by atoms with Crippen molar-refractivity contribution in [2.24, 2.45) is 0 Å². The quantitative estimate of drug-likeness (QED) is 0.604. The van der Waals surface area contributed by atoms with Crippen LogP contribution in [0.15, 0.2) is 0 Å². The van der Waals surface area contributed by atoms with Gasteiger partial charge in [0, 0.05) is 26.7 Å². The van der Waals surface area contributed by atoms with Gasteiger partial charge in [0.15, 0.2) is 0 Å². The van der Waals surface area contributed by atoms with E-state index in [9.17, 15) is 8.42 Å². The largest absolute Gasteiger partial charge is 0.383 e. The van der Waals surface area contributed by atoms with Crippen molar-refractivity contribution in [2.75, 3.05) is 46.2 Å². The third-order valence-electron chi connectivity index (χ3n) is 1.90. The Morgan fingerprint density at radius 1 is 1.43 bits per heavy atom. The summed E-state index contributed by atoms with van der Waals surface area (Å²) in [5, 5.41) is 2.82. The molecule has 0 aromatic rings. The van der Waals surface area contributed by atoms with Crippen molar-refractivity contribution in [2.45, 2.75) is 6.92 Å². The molecule has 0 aromatic heterocycles. The van der Waals surface area contributed by atoms with Crippen LogP contribution < -0.4 is 5.32 Å². The van der Waals surface area contributed by atoms with E-state index in [-0.39, 0.29) is 5.75 Å². The highest BCUT2D eigenvalue weighted by Gasteiger charge is 2.18. The maximum absolute atomic E-state index is 11.7. The Morgan fingerprint density at radius 2 is 2.07 bits per heavy atom. The van der Waals surface area contributed by atoms with Crippen LogP contribution in [0, 0.1) is 0 Å². The van der Waals surface area contributed by atoms with E-state index in [1.165, 1.54) is 4.31 Å². The summed E-state index contributed by atoms with van der Waals surface area (Å²) >= 11 is 0. The van der Waals surface area contributed by atoms with Crippen molar-refractivity contribution in [3.63, 3.8) is 0 Å². The highest BCUT2D eigenvalue weighted by molar-refractivity contribution is 7.89. The second-order valence-electron chi connectivity index (χ2n) is 2.90.